The first-order chi connectivity index (χ1) is 15.0. The Morgan fingerprint density at radius 1 is 1.03 bits per heavy atom. The molecule has 6 rings (SSSR count). The molecule has 1 fully saturated rings. The van der Waals surface area contributed by atoms with Crippen molar-refractivity contribution >= 4 is 6.02 Å². The quantitative estimate of drug-likeness (QED) is 0.626. The van der Waals surface area contributed by atoms with Crippen molar-refractivity contribution in [3.8, 4) is 22.6 Å². The molecule has 2 N–H and O–H groups in total. The van der Waals surface area contributed by atoms with Gasteiger partial charge >= 0.3 is 0 Å². The van der Waals surface area contributed by atoms with Gasteiger partial charge in [0.2, 0.25) is 5.95 Å². The van der Waals surface area contributed by atoms with Crippen LogP contribution in [0.25, 0.3) is 11.1 Å². The van der Waals surface area contributed by atoms with E-state index in [-0.39, 0.29) is 41.2 Å². The number of fused-ring (bicyclic) bond motifs is 4. The Hall–Kier alpha value is -3.62. The van der Waals surface area contributed by atoms with Gasteiger partial charge < -0.3 is 15.2 Å². The summed E-state index contributed by atoms with van der Waals surface area (Å²) in [6.07, 6.45) is 3.13. The minimum atomic E-state index is -1.26. The van der Waals surface area contributed by atoms with Crippen molar-refractivity contribution in [3.05, 3.63) is 71.1 Å². The van der Waals surface area contributed by atoms with E-state index in [1.807, 2.05) is 0 Å². The van der Waals surface area contributed by atoms with Crippen LogP contribution in [0.2, 0.25) is 0 Å². The fourth-order valence-corrected chi connectivity index (χ4v) is 4.23. The predicted octanol–water partition coefficient (Wildman–Crippen LogP) is 4.13. The number of hydrogen-bond acceptors (Lipinski definition) is 6. The molecule has 1 aromatic carbocycles. The van der Waals surface area contributed by atoms with Gasteiger partial charge in [-0.2, -0.15) is 8.78 Å². The first kappa shape index (κ1) is 18.2. The molecule has 4 heterocycles. The predicted molar refractivity (Wildman–Crippen MR) is 104 cm³/mol. The summed E-state index contributed by atoms with van der Waals surface area (Å²) in [5.74, 6) is -2.28. The van der Waals surface area contributed by atoms with E-state index in [0.29, 0.717) is 16.8 Å². The summed E-state index contributed by atoms with van der Waals surface area (Å²) >= 11 is 0. The second kappa shape index (κ2) is 6.19. The van der Waals surface area contributed by atoms with Crippen LogP contribution in [0.4, 0.5) is 13.2 Å². The smallest absolute Gasteiger partial charge is 0.283 e. The molecule has 1 spiro atoms. The highest BCUT2D eigenvalue weighted by atomic mass is 19.1. The SMILES string of the molecule is NC1=N[C@@]2(CO1)c1cc(-c3cccnc3F)c(F)cc1Oc1c2cc(C2CC2)nc1F. The van der Waals surface area contributed by atoms with Gasteiger partial charge in [0, 0.05) is 46.1 Å². The third kappa shape index (κ3) is 2.62. The van der Waals surface area contributed by atoms with Crippen molar-refractivity contribution in [2.45, 2.75) is 24.3 Å². The maximum atomic E-state index is 15.0. The van der Waals surface area contributed by atoms with Gasteiger partial charge in [-0.3, -0.25) is 0 Å². The van der Waals surface area contributed by atoms with Crippen molar-refractivity contribution in [1.82, 2.24) is 9.97 Å². The Bertz CT molecular complexity index is 1290. The van der Waals surface area contributed by atoms with E-state index in [2.05, 4.69) is 15.0 Å². The largest absolute Gasteiger partial charge is 0.462 e. The summed E-state index contributed by atoms with van der Waals surface area (Å²) in [5.41, 5.74) is 5.94. The molecular formula is C22H15F3N4O2. The van der Waals surface area contributed by atoms with Gasteiger partial charge in [0.05, 0.1) is 0 Å². The Kier molecular flexibility index (Phi) is 3.63. The Morgan fingerprint density at radius 2 is 1.87 bits per heavy atom. The van der Waals surface area contributed by atoms with E-state index in [1.54, 1.807) is 6.07 Å². The van der Waals surface area contributed by atoms with Crippen LogP contribution < -0.4 is 10.5 Å². The molecule has 3 aromatic rings. The number of halogens is 3. The highest BCUT2D eigenvalue weighted by molar-refractivity contribution is 5.78. The zero-order valence-electron chi connectivity index (χ0n) is 16.0. The molecule has 1 atom stereocenters. The van der Waals surface area contributed by atoms with E-state index < -0.39 is 23.3 Å². The zero-order valence-corrected chi connectivity index (χ0v) is 16.0. The highest BCUT2D eigenvalue weighted by Crippen LogP contribution is 2.54. The lowest BCUT2D eigenvalue weighted by atomic mass is 9.80. The van der Waals surface area contributed by atoms with Crippen LogP contribution in [0.5, 0.6) is 11.5 Å². The third-order valence-electron chi connectivity index (χ3n) is 5.90. The van der Waals surface area contributed by atoms with Gasteiger partial charge in [-0.1, -0.05) is 0 Å². The van der Waals surface area contributed by atoms with E-state index >= 15 is 0 Å². The summed E-state index contributed by atoms with van der Waals surface area (Å²) in [7, 11) is 0. The summed E-state index contributed by atoms with van der Waals surface area (Å²) in [6, 6.07) is 7.13. The van der Waals surface area contributed by atoms with E-state index in [0.717, 1.165) is 18.9 Å². The first-order valence-corrected chi connectivity index (χ1v) is 9.78. The number of benzene rings is 1. The molecule has 0 saturated heterocycles. The van der Waals surface area contributed by atoms with Gasteiger partial charge in [0.1, 0.15) is 18.2 Å². The second-order valence-corrected chi connectivity index (χ2v) is 7.86. The minimum absolute atomic E-state index is 0.0146. The van der Waals surface area contributed by atoms with Crippen LogP contribution in [0.3, 0.4) is 0 Å². The average Bonchev–Trinajstić information content (AvgIpc) is 3.52. The molecule has 31 heavy (non-hydrogen) atoms. The molecular weight excluding hydrogens is 409 g/mol. The molecule has 0 unspecified atom stereocenters. The van der Waals surface area contributed by atoms with Crippen LogP contribution in [0.1, 0.15) is 35.6 Å². The fraction of sp³-hybridized carbons (Fsp3) is 0.227. The van der Waals surface area contributed by atoms with Crippen LogP contribution >= 0.6 is 0 Å². The van der Waals surface area contributed by atoms with E-state index in [9.17, 15) is 13.2 Å². The number of nitrogens with two attached hydrogens (primary N) is 1. The second-order valence-electron chi connectivity index (χ2n) is 7.86. The van der Waals surface area contributed by atoms with Crippen molar-refractivity contribution in [3.63, 3.8) is 0 Å². The molecule has 2 aliphatic heterocycles. The number of rotatable bonds is 2. The van der Waals surface area contributed by atoms with Crippen molar-refractivity contribution in [2.75, 3.05) is 6.61 Å². The standard InChI is InChI=1S/C22H15F3N4O2/c23-15-8-17-13(6-12(15)11-2-1-5-27-19(11)24)22(9-30-21(26)29-22)14-7-16(10-3-4-10)28-20(25)18(14)31-17/h1-2,5-8,10H,3-4,9H2,(H2,26,29)/t22-/m0/s1. The topological polar surface area (TPSA) is 82.6 Å². The molecule has 156 valence electrons. The normalized spacial score (nSPS) is 21.2. The summed E-state index contributed by atoms with van der Waals surface area (Å²) in [4.78, 5) is 12.1. The number of aromatic nitrogens is 2. The van der Waals surface area contributed by atoms with Crippen molar-refractivity contribution in [1.29, 1.82) is 0 Å². The highest BCUT2D eigenvalue weighted by Gasteiger charge is 2.49. The molecule has 2 aromatic heterocycles. The molecule has 1 aliphatic carbocycles. The van der Waals surface area contributed by atoms with Gasteiger partial charge in [-0.25, -0.2) is 19.4 Å². The van der Waals surface area contributed by atoms with Crippen LogP contribution in [-0.2, 0) is 10.3 Å². The Labute approximate surface area is 174 Å². The first-order valence-electron chi connectivity index (χ1n) is 9.78. The van der Waals surface area contributed by atoms with Crippen LogP contribution in [0, 0.1) is 17.7 Å². The lowest BCUT2D eigenvalue weighted by Crippen LogP contribution is -2.32. The summed E-state index contributed by atoms with van der Waals surface area (Å²) < 4.78 is 55.4. The van der Waals surface area contributed by atoms with E-state index in [1.165, 1.54) is 24.4 Å². The number of aliphatic imine (C=N–C) groups is 1. The molecule has 0 bridgehead atoms. The molecule has 0 radical (unpaired) electrons. The van der Waals surface area contributed by atoms with Gasteiger partial charge in [0.15, 0.2) is 11.3 Å². The number of ether oxygens (including phenoxy) is 2. The Morgan fingerprint density at radius 3 is 2.58 bits per heavy atom. The van der Waals surface area contributed by atoms with Crippen LogP contribution in [0.15, 0.2) is 41.5 Å². The number of pyridine rings is 2. The van der Waals surface area contributed by atoms with Gasteiger partial charge in [-0.05, 0) is 37.1 Å². The zero-order chi connectivity index (χ0) is 21.3. The lowest BCUT2D eigenvalue weighted by Gasteiger charge is -2.34. The monoisotopic (exact) mass is 424 g/mol. The molecule has 1 saturated carbocycles. The molecule has 3 aliphatic rings. The molecule has 0 amide bonds. The Balaban J connectivity index is 1.62. The van der Waals surface area contributed by atoms with Crippen molar-refractivity contribution < 1.29 is 22.6 Å². The van der Waals surface area contributed by atoms with Crippen molar-refractivity contribution in [2.24, 2.45) is 10.7 Å². The number of nitrogens with zero attached hydrogens (tertiary/aromatic N) is 3. The van der Waals surface area contributed by atoms with Gasteiger partial charge in [0.25, 0.3) is 12.0 Å². The number of amidine groups is 1. The van der Waals surface area contributed by atoms with Crippen LogP contribution in [-0.4, -0.2) is 22.6 Å². The molecule has 6 nitrogen and oxygen atoms in total. The lowest BCUT2D eigenvalue weighted by molar-refractivity contribution is 0.260. The van der Waals surface area contributed by atoms with Gasteiger partial charge in [-0.15, -0.1) is 0 Å². The average molecular weight is 424 g/mol. The maximum Gasteiger partial charge on any atom is 0.283 e. The maximum absolute atomic E-state index is 15.0. The number of hydrogen-bond donors (Lipinski definition) is 1. The van der Waals surface area contributed by atoms with E-state index in [4.69, 9.17) is 15.2 Å². The minimum Gasteiger partial charge on any atom is -0.462 e. The molecule has 9 heteroatoms. The fourth-order valence-electron chi connectivity index (χ4n) is 4.23. The third-order valence-corrected chi connectivity index (χ3v) is 5.90. The summed E-state index contributed by atoms with van der Waals surface area (Å²) in [6.45, 7) is -0.0314. The summed E-state index contributed by atoms with van der Waals surface area (Å²) in [5, 5.41) is 0.